The molecule has 0 radical (unpaired) electrons. The zero-order valence-corrected chi connectivity index (χ0v) is 13.7. The molecule has 0 spiro atoms. The summed E-state index contributed by atoms with van der Waals surface area (Å²) in [5.41, 5.74) is 3.24. The smallest absolute Gasteiger partial charge is 0.128 e. The zero-order valence-electron chi connectivity index (χ0n) is 13.7. The monoisotopic (exact) mass is 296 g/mol. The largest absolute Gasteiger partial charge is 0.496 e. The summed E-state index contributed by atoms with van der Waals surface area (Å²) in [4.78, 5) is 4.47. The van der Waals surface area contributed by atoms with E-state index in [0.29, 0.717) is 13.2 Å². The van der Waals surface area contributed by atoms with Crippen LogP contribution in [-0.4, -0.2) is 45.6 Å². The lowest BCUT2D eigenvalue weighted by Crippen LogP contribution is -2.17. The molecule has 0 bridgehead atoms. The number of nitrogens with one attached hydrogen (secondary N) is 1. The molecular formula is C16H28N2O3. The van der Waals surface area contributed by atoms with Crippen molar-refractivity contribution in [3.8, 4) is 5.75 Å². The predicted molar refractivity (Wildman–Crippen MR) is 83.9 cm³/mol. The van der Waals surface area contributed by atoms with Gasteiger partial charge in [0.05, 0.1) is 26.0 Å². The Hall–Kier alpha value is -1.17. The van der Waals surface area contributed by atoms with E-state index < -0.39 is 0 Å². The van der Waals surface area contributed by atoms with E-state index in [4.69, 9.17) is 14.2 Å². The summed E-state index contributed by atoms with van der Waals surface area (Å²) in [6, 6.07) is 0. The van der Waals surface area contributed by atoms with Crippen LogP contribution in [0.25, 0.3) is 0 Å². The Labute approximate surface area is 128 Å². The highest BCUT2D eigenvalue weighted by molar-refractivity contribution is 5.40. The van der Waals surface area contributed by atoms with E-state index >= 15 is 0 Å². The number of unbranched alkanes of at least 4 members (excludes halogenated alkanes) is 1. The number of hydrogen-bond acceptors (Lipinski definition) is 5. The first-order valence-corrected chi connectivity index (χ1v) is 7.47. The number of nitrogens with zero attached hydrogens (tertiary/aromatic N) is 1. The highest BCUT2D eigenvalue weighted by atomic mass is 16.5. The van der Waals surface area contributed by atoms with Crippen LogP contribution < -0.4 is 10.1 Å². The van der Waals surface area contributed by atoms with E-state index in [1.54, 1.807) is 14.2 Å². The van der Waals surface area contributed by atoms with E-state index in [0.717, 1.165) is 55.1 Å². The third kappa shape index (κ3) is 6.42. The van der Waals surface area contributed by atoms with Crippen molar-refractivity contribution in [2.24, 2.45) is 0 Å². The van der Waals surface area contributed by atoms with Crippen molar-refractivity contribution in [2.45, 2.75) is 33.2 Å². The SMILES string of the molecule is COCCOCCCCNCc1ncc(C)c(OC)c1C. The molecule has 120 valence electrons. The molecule has 0 saturated heterocycles. The molecule has 0 atom stereocenters. The minimum absolute atomic E-state index is 0.665. The predicted octanol–water partition coefficient (Wildman–Crippen LogP) is 2.24. The first kappa shape index (κ1) is 17.9. The number of aromatic nitrogens is 1. The molecule has 0 aliphatic rings. The number of hydrogen-bond donors (Lipinski definition) is 1. The van der Waals surface area contributed by atoms with E-state index in [-0.39, 0.29) is 0 Å². The first-order chi connectivity index (χ1) is 10.2. The third-order valence-corrected chi connectivity index (χ3v) is 3.37. The topological polar surface area (TPSA) is 52.6 Å². The molecule has 21 heavy (non-hydrogen) atoms. The fraction of sp³-hybridized carbons (Fsp3) is 0.688. The number of pyridine rings is 1. The summed E-state index contributed by atoms with van der Waals surface area (Å²) < 4.78 is 15.8. The molecule has 0 aliphatic carbocycles. The molecule has 1 N–H and O–H groups in total. The van der Waals surface area contributed by atoms with Gasteiger partial charge in [-0.15, -0.1) is 0 Å². The molecular weight excluding hydrogens is 268 g/mol. The summed E-state index contributed by atoms with van der Waals surface area (Å²) in [5.74, 6) is 0.938. The van der Waals surface area contributed by atoms with Crippen LogP contribution in [-0.2, 0) is 16.0 Å². The average Bonchev–Trinajstić information content (AvgIpc) is 2.48. The molecule has 5 heteroatoms. The summed E-state index contributed by atoms with van der Waals surface area (Å²) in [7, 11) is 3.39. The molecule has 1 heterocycles. The van der Waals surface area contributed by atoms with Gasteiger partial charge < -0.3 is 19.5 Å². The summed E-state index contributed by atoms with van der Waals surface area (Å²) in [5, 5.41) is 3.42. The maximum Gasteiger partial charge on any atom is 0.128 e. The quantitative estimate of drug-likeness (QED) is 0.635. The molecule has 0 amide bonds. The van der Waals surface area contributed by atoms with Gasteiger partial charge in [0.15, 0.2) is 0 Å². The standard InChI is InChI=1S/C16H28N2O3/c1-13-11-18-15(14(2)16(13)20-4)12-17-7-5-6-8-21-10-9-19-3/h11,17H,5-10,12H2,1-4H3. The maximum atomic E-state index is 5.42. The van der Waals surface area contributed by atoms with E-state index in [9.17, 15) is 0 Å². The van der Waals surface area contributed by atoms with Crippen molar-refractivity contribution in [1.29, 1.82) is 0 Å². The normalized spacial score (nSPS) is 10.9. The summed E-state index contributed by atoms with van der Waals surface area (Å²) in [6.07, 6.45) is 4.02. The number of aryl methyl sites for hydroxylation is 1. The Kier molecular flexibility index (Phi) is 8.98. The highest BCUT2D eigenvalue weighted by Gasteiger charge is 2.08. The van der Waals surface area contributed by atoms with Crippen molar-refractivity contribution in [3.05, 3.63) is 23.0 Å². The summed E-state index contributed by atoms with van der Waals surface area (Å²) >= 11 is 0. The number of rotatable bonds is 11. The van der Waals surface area contributed by atoms with Gasteiger partial charge in [-0.05, 0) is 33.2 Å². The first-order valence-electron chi connectivity index (χ1n) is 7.47. The van der Waals surface area contributed by atoms with Crippen LogP contribution in [0.2, 0.25) is 0 Å². The van der Waals surface area contributed by atoms with Crippen LogP contribution in [0.5, 0.6) is 5.75 Å². The van der Waals surface area contributed by atoms with Gasteiger partial charge in [-0.1, -0.05) is 0 Å². The van der Waals surface area contributed by atoms with Crippen molar-refractivity contribution >= 4 is 0 Å². The van der Waals surface area contributed by atoms with Gasteiger partial charge in [0.1, 0.15) is 5.75 Å². The van der Waals surface area contributed by atoms with E-state index in [1.165, 1.54) is 0 Å². The fourth-order valence-corrected chi connectivity index (χ4v) is 2.15. The molecule has 0 aliphatic heterocycles. The Morgan fingerprint density at radius 3 is 2.62 bits per heavy atom. The molecule has 1 aromatic rings. The molecule has 5 nitrogen and oxygen atoms in total. The highest BCUT2D eigenvalue weighted by Crippen LogP contribution is 2.23. The van der Waals surface area contributed by atoms with Gasteiger partial charge in [0.2, 0.25) is 0 Å². The maximum absolute atomic E-state index is 5.42. The molecule has 1 rings (SSSR count). The van der Waals surface area contributed by atoms with Crippen molar-refractivity contribution in [2.75, 3.05) is 40.6 Å². The lowest BCUT2D eigenvalue weighted by atomic mass is 10.1. The third-order valence-electron chi connectivity index (χ3n) is 3.37. The van der Waals surface area contributed by atoms with Gasteiger partial charge in [-0.25, -0.2) is 0 Å². The Morgan fingerprint density at radius 1 is 1.10 bits per heavy atom. The molecule has 0 saturated carbocycles. The van der Waals surface area contributed by atoms with Gasteiger partial charge in [-0.3, -0.25) is 4.98 Å². The second-order valence-corrected chi connectivity index (χ2v) is 5.04. The zero-order chi connectivity index (χ0) is 15.5. The Bertz CT molecular complexity index is 411. The van der Waals surface area contributed by atoms with Crippen LogP contribution in [0.3, 0.4) is 0 Å². The number of ether oxygens (including phenoxy) is 3. The second-order valence-electron chi connectivity index (χ2n) is 5.04. The minimum atomic E-state index is 0.665. The lowest BCUT2D eigenvalue weighted by Gasteiger charge is -2.12. The molecule has 0 unspecified atom stereocenters. The molecule has 0 aromatic carbocycles. The van der Waals surface area contributed by atoms with Crippen LogP contribution in [0.15, 0.2) is 6.20 Å². The average molecular weight is 296 g/mol. The van der Waals surface area contributed by atoms with Gasteiger partial charge in [0.25, 0.3) is 0 Å². The summed E-state index contributed by atoms with van der Waals surface area (Å²) in [6.45, 7) is 7.94. The van der Waals surface area contributed by atoms with Gasteiger partial charge in [0, 0.05) is 37.6 Å². The molecule has 0 fully saturated rings. The second kappa shape index (κ2) is 10.5. The van der Waals surface area contributed by atoms with E-state index in [2.05, 4.69) is 17.2 Å². The number of methoxy groups -OCH3 is 2. The van der Waals surface area contributed by atoms with Crippen LogP contribution in [0, 0.1) is 13.8 Å². The van der Waals surface area contributed by atoms with Crippen LogP contribution in [0.4, 0.5) is 0 Å². The van der Waals surface area contributed by atoms with Crippen molar-refractivity contribution in [1.82, 2.24) is 10.3 Å². The Balaban J connectivity index is 2.19. The minimum Gasteiger partial charge on any atom is -0.496 e. The Morgan fingerprint density at radius 2 is 1.90 bits per heavy atom. The van der Waals surface area contributed by atoms with Crippen molar-refractivity contribution in [3.63, 3.8) is 0 Å². The fourth-order valence-electron chi connectivity index (χ4n) is 2.15. The van der Waals surface area contributed by atoms with Gasteiger partial charge >= 0.3 is 0 Å². The molecule has 1 aromatic heterocycles. The van der Waals surface area contributed by atoms with Crippen LogP contribution in [0.1, 0.15) is 29.7 Å². The van der Waals surface area contributed by atoms with Crippen LogP contribution >= 0.6 is 0 Å². The van der Waals surface area contributed by atoms with E-state index in [1.807, 2.05) is 13.1 Å². The van der Waals surface area contributed by atoms with Crippen molar-refractivity contribution < 1.29 is 14.2 Å². The van der Waals surface area contributed by atoms with Gasteiger partial charge in [-0.2, -0.15) is 0 Å². The lowest BCUT2D eigenvalue weighted by molar-refractivity contribution is 0.0688.